The van der Waals surface area contributed by atoms with E-state index in [0.29, 0.717) is 18.0 Å². The van der Waals surface area contributed by atoms with Gasteiger partial charge in [0.1, 0.15) is 23.3 Å². The van der Waals surface area contributed by atoms with Crippen LogP contribution in [0.25, 0.3) is 11.0 Å². The van der Waals surface area contributed by atoms with Crippen molar-refractivity contribution in [3.05, 3.63) is 64.9 Å². The molecule has 3 amide bonds. The second kappa shape index (κ2) is 11.0. The fraction of sp³-hybridized carbons (Fsp3) is 0.429. The lowest BCUT2D eigenvalue weighted by Gasteiger charge is -2.28. The topological polar surface area (TPSA) is 106 Å². The van der Waals surface area contributed by atoms with Crippen molar-refractivity contribution in [2.75, 3.05) is 6.54 Å². The number of aryl methyl sites for hydroxylation is 1. The molecule has 0 radical (unpaired) electrons. The lowest BCUT2D eigenvalue weighted by atomic mass is 9.96. The largest absolute Gasteiger partial charge is 0.444 e. The molecule has 1 aromatic carbocycles. The van der Waals surface area contributed by atoms with Crippen molar-refractivity contribution in [1.29, 1.82) is 0 Å². The molecule has 1 aliphatic heterocycles. The summed E-state index contributed by atoms with van der Waals surface area (Å²) in [5.41, 5.74) is 1.89. The molecule has 9 nitrogen and oxygen atoms in total. The summed E-state index contributed by atoms with van der Waals surface area (Å²) in [6.07, 6.45) is 3.36. The van der Waals surface area contributed by atoms with Gasteiger partial charge in [-0.15, -0.1) is 0 Å². The summed E-state index contributed by atoms with van der Waals surface area (Å²) in [6.45, 7) is 7.57. The minimum absolute atomic E-state index is 0.0178. The predicted octanol–water partition coefficient (Wildman–Crippen LogP) is 4.14. The van der Waals surface area contributed by atoms with Crippen LogP contribution in [0.4, 0.5) is 4.79 Å². The average Bonchev–Trinajstić information content (AvgIpc) is 3.43. The van der Waals surface area contributed by atoms with Crippen LogP contribution in [0.2, 0.25) is 5.02 Å². The van der Waals surface area contributed by atoms with Crippen molar-refractivity contribution in [2.24, 2.45) is 7.05 Å². The van der Waals surface area contributed by atoms with E-state index in [4.69, 9.17) is 16.3 Å². The molecule has 0 unspecified atom stereocenters. The van der Waals surface area contributed by atoms with Crippen LogP contribution in [0.15, 0.2) is 48.8 Å². The van der Waals surface area contributed by atoms with E-state index < -0.39 is 29.7 Å². The third-order valence-electron chi connectivity index (χ3n) is 6.54. The maximum absolute atomic E-state index is 13.3. The molecule has 0 bridgehead atoms. The Bertz CT molecular complexity index is 1330. The smallest absolute Gasteiger partial charge is 0.410 e. The van der Waals surface area contributed by atoms with Gasteiger partial charge in [-0.3, -0.25) is 14.5 Å². The van der Waals surface area contributed by atoms with Crippen LogP contribution in [0.1, 0.15) is 51.2 Å². The molecule has 10 heteroatoms. The highest BCUT2D eigenvalue weighted by Gasteiger charge is 2.42. The molecule has 1 fully saturated rings. The number of nitrogens with zero attached hydrogens (tertiary/aromatic N) is 3. The van der Waals surface area contributed by atoms with Crippen molar-refractivity contribution in [2.45, 2.75) is 64.3 Å². The van der Waals surface area contributed by atoms with Crippen molar-refractivity contribution >= 4 is 40.5 Å². The van der Waals surface area contributed by atoms with E-state index >= 15 is 0 Å². The summed E-state index contributed by atoms with van der Waals surface area (Å²) < 4.78 is 7.41. The van der Waals surface area contributed by atoms with E-state index in [-0.39, 0.29) is 18.4 Å². The third-order valence-corrected chi connectivity index (χ3v) is 6.84. The van der Waals surface area contributed by atoms with Gasteiger partial charge in [0, 0.05) is 43.8 Å². The zero-order chi connectivity index (χ0) is 27.6. The van der Waals surface area contributed by atoms with Gasteiger partial charge in [-0.05, 0) is 51.3 Å². The van der Waals surface area contributed by atoms with Crippen LogP contribution in [0.3, 0.4) is 0 Å². The summed E-state index contributed by atoms with van der Waals surface area (Å²) >= 11 is 6.27. The number of amides is 3. The molecule has 3 heterocycles. The number of carbonyl (C=O) groups excluding carboxylic acids is 3. The van der Waals surface area contributed by atoms with Gasteiger partial charge in [-0.1, -0.05) is 41.9 Å². The molecular formula is C28H34ClN5O4. The van der Waals surface area contributed by atoms with Gasteiger partial charge in [0.25, 0.3) is 0 Å². The first-order chi connectivity index (χ1) is 17.9. The van der Waals surface area contributed by atoms with Gasteiger partial charge >= 0.3 is 6.09 Å². The first kappa shape index (κ1) is 27.4. The number of benzene rings is 1. The number of ether oxygens (including phenoxy) is 1. The molecule has 2 N–H and O–H groups in total. The van der Waals surface area contributed by atoms with Gasteiger partial charge in [0.15, 0.2) is 0 Å². The molecule has 0 aliphatic carbocycles. The Balaban J connectivity index is 1.40. The summed E-state index contributed by atoms with van der Waals surface area (Å²) in [4.78, 5) is 45.0. The number of hydrogen-bond donors (Lipinski definition) is 2. The van der Waals surface area contributed by atoms with Crippen molar-refractivity contribution < 1.29 is 19.1 Å². The Hall–Kier alpha value is -3.59. The maximum atomic E-state index is 13.3. The third kappa shape index (κ3) is 6.27. The number of aromatic nitrogens is 2. The molecule has 1 saturated heterocycles. The first-order valence-corrected chi connectivity index (χ1v) is 13.0. The predicted molar refractivity (Wildman–Crippen MR) is 146 cm³/mol. The summed E-state index contributed by atoms with van der Waals surface area (Å²) in [6, 6.07) is 10.1. The van der Waals surface area contributed by atoms with Gasteiger partial charge < -0.3 is 19.9 Å². The summed E-state index contributed by atoms with van der Waals surface area (Å²) in [7, 11) is 1.86. The molecule has 0 spiro atoms. The maximum Gasteiger partial charge on any atom is 0.410 e. The van der Waals surface area contributed by atoms with E-state index in [9.17, 15) is 14.4 Å². The zero-order valence-corrected chi connectivity index (χ0v) is 23.1. The number of fused-ring (bicyclic) bond motifs is 1. The van der Waals surface area contributed by atoms with Crippen LogP contribution in [-0.4, -0.2) is 56.6 Å². The second-order valence-corrected chi connectivity index (χ2v) is 11.1. The molecule has 4 rings (SSSR count). The quantitative estimate of drug-likeness (QED) is 0.490. The van der Waals surface area contributed by atoms with Gasteiger partial charge in [0.05, 0.1) is 5.02 Å². The number of hydrogen-bond acceptors (Lipinski definition) is 5. The minimum Gasteiger partial charge on any atom is -0.444 e. The van der Waals surface area contributed by atoms with Crippen molar-refractivity contribution in [3.63, 3.8) is 0 Å². The number of rotatable bonds is 6. The minimum atomic E-state index is -0.809. The van der Waals surface area contributed by atoms with Gasteiger partial charge in [0.2, 0.25) is 11.8 Å². The number of halogens is 1. The molecule has 3 aromatic rings. The average molecular weight is 540 g/mol. The normalized spacial score (nSPS) is 18.3. The van der Waals surface area contributed by atoms with E-state index in [1.165, 1.54) is 4.90 Å². The highest BCUT2D eigenvalue weighted by Crippen LogP contribution is 2.33. The first-order valence-electron chi connectivity index (χ1n) is 12.6. The van der Waals surface area contributed by atoms with Crippen LogP contribution in [0, 0.1) is 0 Å². The van der Waals surface area contributed by atoms with Crippen molar-refractivity contribution in [1.82, 2.24) is 25.1 Å². The monoisotopic (exact) mass is 539 g/mol. The Labute approximate surface area is 227 Å². The summed E-state index contributed by atoms with van der Waals surface area (Å²) in [5, 5.41) is 7.01. The Morgan fingerprint density at radius 3 is 2.61 bits per heavy atom. The lowest BCUT2D eigenvalue weighted by Crippen LogP contribution is -2.52. The SMILES string of the molecule is C[C@H](NC(=O)[C@H]1C[C@H](c2ccccc2)CN1C(=O)OC(C)(C)C)C(=O)NCc1cnc2c(c1)c(Cl)cn2C. The fourth-order valence-corrected chi connectivity index (χ4v) is 4.93. The standard InChI is InChI=1S/C28H34ClN5O4/c1-17(25(35)31-14-18-11-21-22(29)16-33(5)24(21)30-13-18)32-26(36)23-12-20(19-9-7-6-8-10-19)15-34(23)27(37)38-28(2,3)4/h6-11,13,16-17,20,23H,12,14-15H2,1-5H3,(H,31,35)(H,32,36)/t17-,20-,23+/m0/s1. The van der Waals surface area contributed by atoms with E-state index in [2.05, 4.69) is 15.6 Å². The van der Waals surface area contributed by atoms with Gasteiger partial charge in [-0.25, -0.2) is 9.78 Å². The molecular weight excluding hydrogens is 506 g/mol. The number of likely N-dealkylation sites (tertiary alicyclic amines) is 1. The zero-order valence-electron chi connectivity index (χ0n) is 22.3. The molecule has 2 aromatic heterocycles. The number of carbonyl (C=O) groups is 3. The van der Waals surface area contributed by atoms with E-state index in [1.54, 1.807) is 40.1 Å². The molecule has 1 aliphatic rings. The van der Waals surface area contributed by atoms with Gasteiger partial charge in [-0.2, -0.15) is 0 Å². The highest BCUT2D eigenvalue weighted by molar-refractivity contribution is 6.35. The van der Waals surface area contributed by atoms with E-state index in [1.807, 2.05) is 48.0 Å². The number of nitrogens with one attached hydrogen (secondary N) is 2. The fourth-order valence-electron chi connectivity index (χ4n) is 4.65. The van der Waals surface area contributed by atoms with E-state index in [0.717, 1.165) is 22.2 Å². The molecule has 38 heavy (non-hydrogen) atoms. The van der Waals surface area contributed by atoms with Crippen LogP contribution < -0.4 is 10.6 Å². The Morgan fingerprint density at radius 2 is 1.92 bits per heavy atom. The molecule has 0 saturated carbocycles. The van der Waals surface area contributed by atoms with Crippen LogP contribution in [0.5, 0.6) is 0 Å². The second-order valence-electron chi connectivity index (χ2n) is 10.7. The summed E-state index contributed by atoms with van der Waals surface area (Å²) in [5.74, 6) is -0.758. The van der Waals surface area contributed by atoms with Crippen LogP contribution in [-0.2, 0) is 27.9 Å². The molecule has 202 valence electrons. The lowest BCUT2D eigenvalue weighted by molar-refractivity contribution is -0.131. The van der Waals surface area contributed by atoms with Crippen molar-refractivity contribution in [3.8, 4) is 0 Å². The Kier molecular flexibility index (Phi) is 7.97. The van der Waals surface area contributed by atoms with Crippen LogP contribution >= 0.6 is 11.6 Å². The highest BCUT2D eigenvalue weighted by atomic mass is 35.5. The number of pyridine rings is 1. The Morgan fingerprint density at radius 1 is 1.21 bits per heavy atom. The molecule has 3 atom stereocenters.